The molecule has 0 bridgehead atoms. The van der Waals surface area contributed by atoms with Gasteiger partial charge in [-0.15, -0.1) is 0 Å². The van der Waals surface area contributed by atoms with Crippen LogP contribution >= 0.6 is 0 Å². The molecule has 2 aliphatic rings. The van der Waals surface area contributed by atoms with Crippen LogP contribution in [0.25, 0.3) is 0 Å². The first-order valence-corrected chi connectivity index (χ1v) is 7.34. The third-order valence-electron chi connectivity index (χ3n) is 5.08. The number of rotatable bonds is 2. The molecule has 0 aromatic rings. The first-order valence-electron chi connectivity index (χ1n) is 7.34. The zero-order valence-corrected chi connectivity index (χ0v) is 12.1. The van der Waals surface area contributed by atoms with Crippen LogP contribution in [0.4, 0.5) is 0 Å². The zero-order valence-electron chi connectivity index (χ0n) is 12.1. The van der Waals surface area contributed by atoms with Gasteiger partial charge < -0.3 is 9.64 Å². The Balaban J connectivity index is 2.02. The lowest BCUT2D eigenvalue weighted by molar-refractivity contribution is -0.145. The average molecular weight is 264 g/mol. The van der Waals surface area contributed by atoms with Crippen LogP contribution in [0.3, 0.4) is 0 Å². The molecule has 0 aromatic heterocycles. The predicted octanol–water partition coefficient (Wildman–Crippen LogP) is 2.35. The smallest absolute Gasteiger partial charge is 0.243 e. The molecule has 0 saturated carbocycles. The van der Waals surface area contributed by atoms with E-state index in [0.29, 0.717) is 31.5 Å². The Morgan fingerprint density at radius 2 is 1.84 bits per heavy atom. The van der Waals surface area contributed by atoms with Gasteiger partial charge in [-0.3, -0.25) is 4.79 Å². The van der Waals surface area contributed by atoms with Crippen molar-refractivity contribution in [1.82, 2.24) is 4.90 Å². The first kappa shape index (κ1) is 14.3. The summed E-state index contributed by atoms with van der Waals surface area (Å²) in [6.07, 6.45) is 4.35. The minimum absolute atomic E-state index is 0.0384. The molecule has 0 aromatic carbocycles. The molecule has 0 N–H and O–H groups in total. The molecule has 0 atom stereocenters. The average Bonchev–Trinajstić information content (AvgIpc) is 2.48. The van der Waals surface area contributed by atoms with E-state index in [2.05, 4.69) is 19.9 Å². The van der Waals surface area contributed by atoms with Crippen molar-refractivity contribution in [2.24, 2.45) is 10.8 Å². The highest BCUT2D eigenvalue weighted by atomic mass is 16.5. The summed E-state index contributed by atoms with van der Waals surface area (Å²) < 4.78 is 5.29. The predicted molar refractivity (Wildman–Crippen MR) is 72.3 cm³/mol. The van der Waals surface area contributed by atoms with Crippen LogP contribution < -0.4 is 0 Å². The highest BCUT2D eigenvalue weighted by Crippen LogP contribution is 2.37. The number of hydrogen-bond acceptors (Lipinski definition) is 3. The molecule has 1 amide bonds. The van der Waals surface area contributed by atoms with Gasteiger partial charge in [-0.25, -0.2) is 0 Å². The van der Waals surface area contributed by atoms with E-state index in [4.69, 9.17) is 4.74 Å². The minimum atomic E-state index is -0.821. The molecular formula is C15H24N2O2. The summed E-state index contributed by atoms with van der Waals surface area (Å²) in [5.41, 5.74) is -0.454. The molecule has 106 valence electrons. The fourth-order valence-corrected chi connectivity index (χ4v) is 3.00. The summed E-state index contributed by atoms with van der Waals surface area (Å²) in [6, 6.07) is 2.28. The second-order valence-electron chi connectivity index (χ2n) is 6.26. The van der Waals surface area contributed by atoms with Gasteiger partial charge in [0.15, 0.2) is 0 Å². The molecule has 2 fully saturated rings. The number of nitriles is 1. The van der Waals surface area contributed by atoms with E-state index in [0.717, 1.165) is 32.4 Å². The molecule has 0 aliphatic carbocycles. The minimum Gasteiger partial charge on any atom is -0.381 e. The summed E-state index contributed by atoms with van der Waals surface area (Å²) >= 11 is 0. The highest BCUT2D eigenvalue weighted by Gasteiger charge is 2.44. The Morgan fingerprint density at radius 3 is 2.32 bits per heavy atom. The number of piperidine rings is 1. The van der Waals surface area contributed by atoms with Crippen molar-refractivity contribution in [3.05, 3.63) is 0 Å². The lowest BCUT2D eigenvalue weighted by Crippen LogP contribution is -2.50. The van der Waals surface area contributed by atoms with Crippen LogP contribution in [0.1, 0.15) is 46.0 Å². The molecule has 2 heterocycles. The molecule has 2 saturated heterocycles. The van der Waals surface area contributed by atoms with E-state index in [9.17, 15) is 10.1 Å². The van der Waals surface area contributed by atoms with E-state index in [1.54, 1.807) is 0 Å². The van der Waals surface area contributed by atoms with Crippen molar-refractivity contribution in [2.75, 3.05) is 26.3 Å². The second-order valence-corrected chi connectivity index (χ2v) is 6.26. The van der Waals surface area contributed by atoms with Crippen molar-refractivity contribution >= 4 is 5.91 Å². The van der Waals surface area contributed by atoms with Gasteiger partial charge in [0.05, 0.1) is 6.07 Å². The van der Waals surface area contributed by atoms with Crippen LogP contribution in [-0.4, -0.2) is 37.1 Å². The first-order chi connectivity index (χ1) is 9.05. The number of carbonyl (C=O) groups is 1. The lowest BCUT2D eigenvalue weighted by atomic mass is 9.76. The van der Waals surface area contributed by atoms with E-state index in [1.807, 2.05) is 4.90 Å². The molecular weight excluding hydrogens is 240 g/mol. The monoisotopic (exact) mass is 264 g/mol. The Bertz CT molecular complexity index is 372. The molecule has 4 nitrogen and oxygen atoms in total. The highest BCUT2D eigenvalue weighted by molar-refractivity contribution is 5.85. The standard InChI is InChI=1S/C15H24N2O2/c1-3-14(2)4-8-17(9-5-14)13(18)15(12-16)6-10-19-11-7-15/h3-11H2,1-2H3. The summed E-state index contributed by atoms with van der Waals surface area (Å²) in [5.74, 6) is 0.0384. The summed E-state index contributed by atoms with van der Waals surface area (Å²) in [4.78, 5) is 14.6. The van der Waals surface area contributed by atoms with E-state index in [1.165, 1.54) is 0 Å². The SMILES string of the molecule is CCC1(C)CCN(C(=O)C2(C#N)CCOCC2)CC1. The molecule has 0 spiro atoms. The van der Waals surface area contributed by atoms with E-state index < -0.39 is 5.41 Å². The third-order valence-corrected chi connectivity index (χ3v) is 5.08. The van der Waals surface area contributed by atoms with Crippen LogP contribution in [-0.2, 0) is 9.53 Å². The lowest BCUT2D eigenvalue weighted by Gasteiger charge is -2.42. The Labute approximate surface area is 115 Å². The quantitative estimate of drug-likeness (QED) is 0.769. The molecule has 2 rings (SSSR count). The van der Waals surface area contributed by atoms with Gasteiger partial charge in [-0.2, -0.15) is 5.26 Å². The Hall–Kier alpha value is -1.08. The molecule has 4 heteroatoms. The van der Waals surface area contributed by atoms with Crippen molar-refractivity contribution in [3.8, 4) is 6.07 Å². The number of ether oxygens (including phenoxy) is 1. The normalized spacial score (nSPS) is 25.6. The largest absolute Gasteiger partial charge is 0.381 e. The molecule has 19 heavy (non-hydrogen) atoms. The van der Waals surface area contributed by atoms with E-state index >= 15 is 0 Å². The maximum atomic E-state index is 12.7. The number of hydrogen-bond donors (Lipinski definition) is 0. The Kier molecular flexibility index (Phi) is 4.15. The molecule has 2 aliphatic heterocycles. The van der Waals surface area contributed by atoms with Crippen molar-refractivity contribution in [2.45, 2.75) is 46.0 Å². The zero-order chi connectivity index (χ0) is 13.9. The van der Waals surface area contributed by atoms with Crippen LogP contribution in [0.2, 0.25) is 0 Å². The van der Waals surface area contributed by atoms with Crippen LogP contribution in [0.5, 0.6) is 0 Å². The third kappa shape index (κ3) is 2.76. The topological polar surface area (TPSA) is 53.3 Å². The molecule has 0 unspecified atom stereocenters. The maximum Gasteiger partial charge on any atom is 0.243 e. The maximum absolute atomic E-state index is 12.7. The number of carbonyl (C=O) groups excluding carboxylic acids is 1. The number of amides is 1. The van der Waals surface area contributed by atoms with Gasteiger partial charge in [-0.1, -0.05) is 20.3 Å². The van der Waals surface area contributed by atoms with Crippen molar-refractivity contribution in [3.63, 3.8) is 0 Å². The summed E-state index contributed by atoms with van der Waals surface area (Å²) in [7, 11) is 0. The fraction of sp³-hybridized carbons (Fsp3) is 0.867. The van der Waals surface area contributed by atoms with Crippen LogP contribution in [0.15, 0.2) is 0 Å². The van der Waals surface area contributed by atoms with Gasteiger partial charge in [0.2, 0.25) is 5.91 Å². The molecule has 0 radical (unpaired) electrons. The van der Waals surface area contributed by atoms with Crippen molar-refractivity contribution < 1.29 is 9.53 Å². The second kappa shape index (κ2) is 5.50. The van der Waals surface area contributed by atoms with Gasteiger partial charge in [0.1, 0.15) is 5.41 Å². The van der Waals surface area contributed by atoms with Crippen molar-refractivity contribution in [1.29, 1.82) is 5.26 Å². The number of nitrogens with zero attached hydrogens (tertiary/aromatic N) is 2. The summed E-state index contributed by atoms with van der Waals surface area (Å²) in [5, 5.41) is 9.44. The van der Waals surface area contributed by atoms with Gasteiger partial charge in [-0.05, 0) is 31.1 Å². The van der Waals surface area contributed by atoms with Crippen LogP contribution in [0, 0.1) is 22.2 Å². The van der Waals surface area contributed by atoms with Gasteiger partial charge >= 0.3 is 0 Å². The van der Waals surface area contributed by atoms with Gasteiger partial charge in [0, 0.05) is 26.3 Å². The van der Waals surface area contributed by atoms with Gasteiger partial charge in [0.25, 0.3) is 0 Å². The summed E-state index contributed by atoms with van der Waals surface area (Å²) in [6.45, 7) is 7.16. The number of likely N-dealkylation sites (tertiary alicyclic amines) is 1. The Morgan fingerprint density at radius 1 is 1.26 bits per heavy atom. The fourth-order valence-electron chi connectivity index (χ4n) is 3.00. The van der Waals surface area contributed by atoms with E-state index in [-0.39, 0.29) is 5.91 Å².